The molecule has 0 aliphatic carbocycles. The van der Waals surface area contributed by atoms with Gasteiger partial charge in [-0.2, -0.15) is 0 Å². The molecule has 0 amide bonds. The highest BCUT2D eigenvalue weighted by Gasteiger charge is 2.32. The van der Waals surface area contributed by atoms with Gasteiger partial charge in [0.05, 0.1) is 11.0 Å². The molecule has 0 bridgehead atoms. The summed E-state index contributed by atoms with van der Waals surface area (Å²) in [6.45, 7) is 10.9. The number of aromatic nitrogens is 2. The van der Waals surface area contributed by atoms with Crippen molar-refractivity contribution < 1.29 is 0 Å². The molecule has 2 N–H and O–H groups in total. The quantitative estimate of drug-likeness (QED) is 0.888. The number of hydrogen-bond acceptors (Lipinski definition) is 3. The summed E-state index contributed by atoms with van der Waals surface area (Å²) in [6.07, 6.45) is 0.786. The predicted octanol–water partition coefficient (Wildman–Crippen LogP) is 2.56. The van der Waals surface area contributed by atoms with Crippen LogP contribution in [-0.2, 0) is 13.5 Å². The van der Waals surface area contributed by atoms with Crippen LogP contribution < -0.4 is 5.73 Å². The van der Waals surface area contributed by atoms with E-state index in [-0.39, 0.29) is 11.6 Å². The zero-order valence-corrected chi connectivity index (χ0v) is 13.9. The Bertz CT molecular complexity index is 596. The van der Waals surface area contributed by atoms with Crippen LogP contribution in [0.5, 0.6) is 0 Å². The van der Waals surface area contributed by atoms with E-state index in [1.54, 1.807) is 0 Å². The highest BCUT2D eigenvalue weighted by molar-refractivity contribution is 5.75. The summed E-state index contributed by atoms with van der Waals surface area (Å²) in [7, 11) is 2.07. The second-order valence-corrected chi connectivity index (χ2v) is 6.21. The number of rotatable bonds is 6. The van der Waals surface area contributed by atoms with Crippen LogP contribution in [0.3, 0.4) is 0 Å². The van der Waals surface area contributed by atoms with E-state index >= 15 is 0 Å². The third-order valence-electron chi connectivity index (χ3n) is 4.77. The Balaban J connectivity index is 2.25. The van der Waals surface area contributed by atoms with E-state index in [2.05, 4.69) is 56.3 Å². The van der Waals surface area contributed by atoms with Crippen LogP contribution >= 0.6 is 0 Å². The molecule has 1 unspecified atom stereocenters. The molecule has 0 saturated heterocycles. The van der Waals surface area contributed by atoms with E-state index in [1.165, 1.54) is 5.52 Å². The topological polar surface area (TPSA) is 47.1 Å². The van der Waals surface area contributed by atoms with Crippen molar-refractivity contribution in [3.8, 4) is 0 Å². The Kier molecular flexibility index (Phi) is 4.69. The van der Waals surface area contributed by atoms with Crippen molar-refractivity contribution in [2.24, 2.45) is 12.8 Å². The van der Waals surface area contributed by atoms with Crippen LogP contribution in [0.15, 0.2) is 24.3 Å². The van der Waals surface area contributed by atoms with Crippen molar-refractivity contribution in [1.29, 1.82) is 0 Å². The van der Waals surface area contributed by atoms with Crippen molar-refractivity contribution in [2.75, 3.05) is 13.1 Å². The van der Waals surface area contributed by atoms with Crippen molar-refractivity contribution >= 4 is 11.0 Å². The van der Waals surface area contributed by atoms with E-state index in [9.17, 15) is 0 Å². The van der Waals surface area contributed by atoms with Crippen LogP contribution in [0, 0.1) is 0 Å². The number of benzene rings is 1. The molecule has 0 radical (unpaired) electrons. The lowest BCUT2D eigenvalue weighted by atomic mass is 9.90. The van der Waals surface area contributed by atoms with E-state index in [1.807, 2.05) is 12.1 Å². The average molecular weight is 288 g/mol. The van der Waals surface area contributed by atoms with Gasteiger partial charge in [0.15, 0.2) is 0 Å². The third kappa shape index (κ3) is 2.97. The minimum absolute atomic E-state index is 0.0400. The highest BCUT2D eigenvalue weighted by Crippen LogP contribution is 2.22. The molecule has 0 aliphatic rings. The number of para-hydroxylation sites is 2. The molecule has 0 saturated carbocycles. The van der Waals surface area contributed by atoms with Gasteiger partial charge in [0.1, 0.15) is 5.82 Å². The van der Waals surface area contributed by atoms with Gasteiger partial charge in [-0.05, 0) is 39.1 Å². The first-order valence-corrected chi connectivity index (χ1v) is 7.82. The fraction of sp³-hybridized carbons (Fsp3) is 0.588. The summed E-state index contributed by atoms with van der Waals surface area (Å²) in [5, 5.41) is 0. The summed E-state index contributed by atoms with van der Waals surface area (Å²) in [4.78, 5) is 7.16. The lowest BCUT2D eigenvalue weighted by Crippen LogP contribution is -2.57. The normalized spacial score (nSPS) is 14.0. The molecule has 4 heteroatoms. The number of aryl methyl sites for hydroxylation is 1. The summed E-state index contributed by atoms with van der Waals surface area (Å²) in [5.74, 6) is 1.06. The molecule has 0 spiro atoms. The van der Waals surface area contributed by atoms with Crippen LogP contribution in [0.1, 0.15) is 33.5 Å². The first-order chi connectivity index (χ1) is 9.91. The standard InChI is InChI=1S/C17H28N4/c1-6-21(7-2)17(3,4)15(18)12-16-19-13-10-8-9-11-14(13)20(16)5/h8-11,15H,6-7,12,18H2,1-5H3. The molecule has 1 aromatic heterocycles. The van der Waals surface area contributed by atoms with E-state index in [4.69, 9.17) is 10.7 Å². The van der Waals surface area contributed by atoms with Crippen LogP contribution in [0.2, 0.25) is 0 Å². The number of likely N-dealkylation sites (N-methyl/N-ethyl adjacent to an activating group) is 1. The van der Waals surface area contributed by atoms with Gasteiger partial charge < -0.3 is 10.3 Å². The number of fused-ring (bicyclic) bond motifs is 1. The molecule has 0 aliphatic heterocycles. The van der Waals surface area contributed by atoms with Gasteiger partial charge in [0.25, 0.3) is 0 Å². The average Bonchev–Trinajstić information content (AvgIpc) is 2.77. The molecule has 2 rings (SSSR count). The fourth-order valence-corrected chi connectivity index (χ4v) is 3.10. The van der Waals surface area contributed by atoms with Gasteiger partial charge >= 0.3 is 0 Å². The van der Waals surface area contributed by atoms with Gasteiger partial charge in [0, 0.05) is 25.0 Å². The van der Waals surface area contributed by atoms with Gasteiger partial charge in [-0.25, -0.2) is 4.98 Å². The van der Waals surface area contributed by atoms with Gasteiger partial charge in [-0.15, -0.1) is 0 Å². The number of nitrogens with two attached hydrogens (primary N) is 1. The van der Waals surface area contributed by atoms with Crippen molar-refractivity contribution in [3.63, 3.8) is 0 Å². The molecule has 0 fully saturated rings. The third-order valence-corrected chi connectivity index (χ3v) is 4.77. The minimum Gasteiger partial charge on any atom is -0.331 e. The first-order valence-electron chi connectivity index (χ1n) is 7.82. The second-order valence-electron chi connectivity index (χ2n) is 6.21. The van der Waals surface area contributed by atoms with E-state index in [0.717, 1.165) is 30.9 Å². The Morgan fingerprint density at radius 1 is 1.24 bits per heavy atom. The Morgan fingerprint density at radius 3 is 2.43 bits per heavy atom. The molecular formula is C17H28N4. The smallest absolute Gasteiger partial charge is 0.111 e. The molecule has 1 aromatic carbocycles. The maximum atomic E-state index is 6.53. The summed E-state index contributed by atoms with van der Waals surface area (Å²) in [5.41, 5.74) is 8.70. The second kappa shape index (κ2) is 6.16. The van der Waals surface area contributed by atoms with E-state index < -0.39 is 0 Å². The lowest BCUT2D eigenvalue weighted by molar-refractivity contribution is 0.105. The Labute approximate surface area is 128 Å². The molecule has 4 nitrogen and oxygen atoms in total. The first kappa shape index (κ1) is 16.0. The molecule has 21 heavy (non-hydrogen) atoms. The molecule has 1 atom stereocenters. The number of imidazole rings is 1. The SMILES string of the molecule is CCN(CC)C(C)(C)C(N)Cc1nc2ccccc2n1C. The fourth-order valence-electron chi connectivity index (χ4n) is 3.10. The Hall–Kier alpha value is -1.39. The van der Waals surface area contributed by atoms with Gasteiger partial charge in [-0.3, -0.25) is 4.90 Å². The predicted molar refractivity (Wildman–Crippen MR) is 89.4 cm³/mol. The zero-order chi connectivity index (χ0) is 15.6. The van der Waals surface area contributed by atoms with Crippen LogP contribution in [-0.4, -0.2) is 39.1 Å². The van der Waals surface area contributed by atoms with Crippen molar-refractivity contribution in [1.82, 2.24) is 14.5 Å². The highest BCUT2D eigenvalue weighted by atomic mass is 15.2. The monoisotopic (exact) mass is 288 g/mol. The summed E-state index contributed by atoms with van der Waals surface area (Å²) in [6, 6.07) is 8.28. The van der Waals surface area contributed by atoms with Gasteiger partial charge in [0.2, 0.25) is 0 Å². The van der Waals surface area contributed by atoms with E-state index in [0.29, 0.717) is 0 Å². The Morgan fingerprint density at radius 2 is 1.86 bits per heavy atom. The molecule has 1 heterocycles. The lowest BCUT2D eigenvalue weighted by Gasteiger charge is -2.41. The maximum absolute atomic E-state index is 6.53. The van der Waals surface area contributed by atoms with Gasteiger partial charge in [-0.1, -0.05) is 26.0 Å². The number of hydrogen-bond donors (Lipinski definition) is 1. The maximum Gasteiger partial charge on any atom is 0.111 e. The minimum atomic E-state index is -0.0400. The molecular weight excluding hydrogens is 260 g/mol. The summed E-state index contributed by atoms with van der Waals surface area (Å²) < 4.78 is 2.16. The number of nitrogens with zero attached hydrogens (tertiary/aromatic N) is 3. The van der Waals surface area contributed by atoms with Crippen LogP contribution in [0.4, 0.5) is 0 Å². The van der Waals surface area contributed by atoms with Crippen molar-refractivity contribution in [3.05, 3.63) is 30.1 Å². The van der Waals surface area contributed by atoms with Crippen LogP contribution in [0.25, 0.3) is 11.0 Å². The van der Waals surface area contributed by atoms with Crippen molar-refractivity contribution in [2.45, 2.75) is 45.7 Å². The molecule has 116 valence electrons. The zero-order valence-electron chi connectivity index (χ0n) is 13.9. The largest absolute Gasteiger partial charge is 0.331 e. The molecule has 2 aromatic rings. The summed E-state index contributed by atoms with van der Waals surface area (Å²) >= 11 is 0.